The van der Waals surface area contributed by atoms with Crippen molar-refractivity contribution in [3.05, 3.63) is 59.8 Å². The average molecular weight is 493 g/mol. The normalized spacial score (nSPS) is 19.0. The molecule has 1 aromatic heterocycles. The monoisotopic (exact) mass is 492 g/mol. The summed E-state index contributed by atoms with van der Waals surface area (Å²) in [5.74, 6) is 0.177. The van der Waals surface area contributed by atoms with Crippen LogP contribution in [0.5, 0.6) is 5.75 Å². The van der Waals surface area contributed by atoms with Gasteiger partial charge in [0.15, 0.2) is 0 Å². The standard InChI is InChI=1S/C28H36N4O4/c1-18-14-32(19(2)17-33)28(35)23-13-21(10-11-25(23)36-26(18)16-30(3)4)29-27(34)12-20-15-31(5)24-9-7-6-8-22(20)24/h6-11,13,15,18-19,26,33H,12,14,16-17H2,1-5H3,(H,29,34)/t18-,19-,26+/m1/s1. The van der Waals surface area contributed by atoms with Crippen LogP contribution in [0.1, 0.15) is 29.8 Å². The zero-order valence-corrected chi connectivity index (χ0v) is 21.7. The van der Waals surface area contributed by atoms with Crippen molar-refractivity contribution in [1.29, 1.82) is 0 Å². The van der Waals surface area contributed by atoms with Crippen molar-refractivity contribution in [2.75, 3.05) is 39.1 Å². The minimum Gasteiger partial charge on any atom is -0.488 e. The first kappa shape index (κ1) is 25.7. The number of amides is 2. The van der Waals surface area contributed by atoms with Gasteiger partial charge in [0.05, 0.1) is 24.6 Å². The Hall–Kier alpha value is -3.36. The van der Waals surface area contributed by atoms with Crippen LogP contribution in [0.3, 0.4) is 0 Å². The maximum absolute atomic E-state index is 13.6. The highest BCUT2D eigenvalue weighted by Crippen LogP contribution is 2.31. The summed E-state index contributed by atoms with van der Waals surface area (Å²) in [7, 11) is 5.95. The quantitative estimate of drug-likeness (QED) is 0.529. The Bertz CT molecular complexity index is 1250. The number of hydrogen-bond acceptors (Lipinski definition) is 5. The third-order valence-corrected chi connectivity index (χ3v) is 6.82. The van der Waals surface area contributed by atoms with Crippen LogP contribution in [-0.2, 0) is 18.3 Å². The molecule has 0 bridgehead atoms. The Morgan fingerprint density at radius 1 is 1.25 bits per heavy atom. The molecule has 0 saturated heterocycles. The van der Waals surface area contributed by atoms with Gasteiger partial charge in [0, 0.05) is 48.8 Å². The maximum atomic E-state index is 13.6. The molecule has 2 N–H and O–H groups in total. The fraction of sp³-hybridized carbons (Fsp3) is 0.429. The Balaban J connectivity index is 1.60. The summed E-state index contributed by atoms with van der Waals surface area (Å²) in [6.07, 6.45) is 2.06. The van der Waals surface area contributed by atoms with E-state index >= 15 is 0 Å². The van der Waals surface area contributed by atoms with Crippen LogP contribution >= 0.6 is 0 Å². The van der Waals surface area contributed by atoms with Gasteiger partial charge in [0.25, 0.3) is 5.91 Å². The molecule has 0 fully saturated rings. The van der Waals surface area contributed by atoms with E-state index in [0.29, 0.717) is 30.1 Å². The summed E-state index contributed by atoms with van der Waals surface area (Å²) in [5, 5.41) is 13.8. The maximum Gasteiger partial charge on any atom is 0.258 e. The SMILES string of the molecule is C[C@@H]1CN([C@H](C)CO)C(=O)c2cc(NC(=O)Cc3cn(C)c4ccccc34)ccc2O[C@H]1CN(C)C. The second kappa shape index (κ2) is 10.7. The van der Waals surface area contributed by atoms with Crippen LogP contribution in [0.25, 0.3) is 10.9 Å². The number of carbonyl (C=O) groups excluding carboxylic acids is 2. The predicted octanol–water partition coefficient (Wildman–Crippen LogP) is 3.14. The second-order valence-corrected chi connectivity index (χ2v) is 10.1. The Morgan fingerprint density at radius 2 is 2.00 bits per heavy atom. The Morgan fingerprint density at radius 3 is 2.72 bits per heavy atom. The van der Waals surface area contributed by atoms with Crippen LogP contribution in [0.2, 0.25) is 0 Å². The van der Waals surface area contributed by atoms with E-state index in [0.717, 1.165) is 16.5 Å². The number of ether oxygens (including phenoxy) is 1. The largest absolute Gasteiger partial charge is 0.488 e. The molecule has 8 nitrogen and oxygen atoms in total. The molecule has 0 spiro atoms. The lowest BCUT2D eigenvalue weighted by Gasteiger charge is -2.37. The van der Waals surface area contributed by atoms with E-state index in [9.17, 15) is 14.7 Å². The molecule has 0 unspecified atom stereocenters. The van der Waals surface area contributed by atoms with Crippen LogP contribution in [0, 0.1) is 5.92 Å². The lowest BCUT2D eigenvalue weighted by molar-refractivity contribution is -0.115. The summed E-state index contributed by atoms with van der Waals surface area (Å²) >= 11 is 0. The molecule has 1 aliphatic heterocycles. The number of carbonyl (C=O) groups is 2. The highest BCUT2D eigenvalue weighted by Gasteiger charge is 2.33. The van der Waals surface area contributed by atoms with Gasteiger partial charge in [-0.05, 0) is 50.8 Å². The third-order valence-electron chi connectivity index (χ3n) is 6.82. The molecule has 2 amide bonds. The van der Waals surface area contributed by atoms with E-state index in [-0.39, 0.29) is 42.9 Å². The molecule has 1 aliphatic rings. The van der Waals surface area contributed by atoms with E-state index in [1.54, 1.807) is 23.1 Å². The molecular formula is C28H36N4O4. The van der Waals surface area contributed by atoms with Crippen molar-refractivity contribution in [2.45, 2.75) is 32.4 Å². The summed E-state index contributed by atoms with van der Waals surface area (Å²) < 4.78 is 8.35. The predicted molar refractivity (Wildman–Crippen MR) is 141 cm³/mol. The van der Waals surface area contributed by atoms with E-state index in [1.807, 2.05) is 63.1 Å². The summed E-state index contributed by atoms with van der Waals surface area (Å²) in [4.78, 5) is 30.3. The molecule has 8 heteroatoms. The second-order valence-electron chi connectivity index (χ2n) is 10.1. The number of aliphatic hydroxyl groups excluding tert-OH is 1. The fourth-order valence-electron chi connectivity index (χ4n) is 4.82. The molecular weight excluding hydrogens is 456 g/mol. The molecule has 0 radical (unpaired) electrons. The van der Waals surface area contributed by atoms with Gasteiger partial charge in [0.2, 0.25) is 5.91 Å². The highest BCUT2D eigenvalue weighted by atomic mass is 16.5. The number of aromatic nitrogens is 1. The van der Waals surface area contributed by atoms with Crippen molar-refractivity contribution in [1.82, 2.24) is 14.4 Å². The number of rotatable bonds is 7. The molecule has 0 saturated carbocycles. The number of benzene rings is 2. The number of aliphatic hydroxyl groups is 1. The molecule has 2 aromatic carbocycles. The van der Waals surface area contributed by atoms with Crippen LogP contribution in [0.4, 0.5) is 5.69 Å². The van der Waals surface area contributed by atoms with Gasteiger partial charge in [-0.25, -0.2) is 0 Å². The fourth-order valence-corrected chi connectivity index (χ4v) is 4.82. The first-order chi connectivity index (χ1) is 17.2. The molecule has 0 aliphatic carbocycles. The number of anilines is 1. The number of hydrogen-bond donors (Lipinski definition) is 2. The third kappa shape index (κ3) is 5.39. The number of fused-ring (bicyclic) bond motifs is 2. The summed E-state index contributed by atoms with van der Waals surface area (Å²) in [5.41, 5.74) is 2.93. The van der Waals surface area contributed by atoms with Gasteiger partial charge in [-0.15, -0.1) is 0 Å². The van der Waals surface area contributed by atoms with Gasteiger partial charge in [-0.2, -0.15) is 0 Å². The zero-order valence-electron chi connectivity index (χ0n) is 21.7. The molecule has 3 atom stereocenters. The van der Waals surface area contributed by atoms with Gasteiger partial charge in [0.1, 0.15) is 11.9 Å². The van der Waals surface area contributed by atoms with Crippen molar-refractivity contribution in [3.63, 3.8) is 0 Å². The van der Waals surface area contributed by atoms with E-state index < -0.39 is 0 Å². The van der Waals surface area contributed by atoms with E-state index in [4.69, 9.17) is 4.74 Å². The van der Waals surface area contributed by atoms with Crippen molar-refractivity contribution >= 4 is 28.4 Å². The number of nitrogens with one attached hydrogen (secondary N) is 1. The first-order valence-electron chi connectivity index (χ1n) is 12.4. The number of para-hydroxylation sites is 1. The first-order valence-corrected chi connectivity index (χ1v) is 12.4. The molecule has 36 heavy (non-hydrogen) atoms. The van der Waals surface area contributed by atoms with Crippen molar-refractivity contribution in [2.24, 2.45) is 13.0 Å². The minimum absolute atomic E-state index is 0.0681. The Kier molecular flexibility index (Phi) is 7.66. The average Bonchev–Trinajstić information content (AvgIpc) is 3.16. The smallest absolute Gasteiger partial charge is 0.258 e. The van der Waals surface area contributed by atoms with E-state index in [1.165, 1.54) is 0 Å². The van der Waals surface area contributed by atoms with Crippen LogP contribution < -0.4 is 10.1 Å². The van der Waals surface area contributed by atoms with Gasteiger partial charge < -0.3 is 29.5 Å². The van der Waals surface area contributed by atoms with Gasteiger partial charge >= 0.3 is 0 Å². The van der Waals surface area contributed by atoms with Gasteiger partial charge in [-0.3, -0.25) is 9.59 Å². The Labute approximate surface area is 212 Å². The van der Waals surface area contributed by atoms with Crippen LogP contribution in [0.15, 0.2) is 48.7 Å². The minimum atomic E-state index is -0.337. The number of aryl methyl sites for hydroxylation is 1. The summed E-state index contributed by atoms with van der Waals surface area (Å²) in [6.45, 7) is 4.93. The highest BCUT2D eigenvalue weighted by molar-refractivity contribution is 6.00. The van der Waals surface area contributed by atoms with Crippen molar-refractivity contribution < 1.29 is 19.4 Å². The van der Waals surface area contributed by atoms with Gasteiger partial charge in [-0.1, -0.05) is 25.1 Å². The summed E-state index contributed by atoms with van der Waals surface area (Å²) in [6, 6.07) is 12.9. The van der Waals surface area contributed by atoms with Crippen molar-refractivity contribution in [3.8, 4) is 5.75 Å². The molecule has 4 rings (SSSR count). The molecule has 2 heterocycles. The lowest BCUT2D eigenvalue weighted by atomic mass is 9.99. The zero-order chi connectivity index (χ0) is 26.0. The number of likely N-dealkylation sites (N-methyl/N-ethyl adjacent to an activating group) is 1. The lowest BCUT2D eigenvalue weighted by Crippen LogP contribution is -2.49. The number of nitrogens with zero attached hydrogens (tertiary/aromatic N) is 3. The molecule has 192 valence electrons. The molecule has 3 aromatic rings. The topological polar surface area (TPSA) is 87.0 Å². The van der Waals surface area contributed by atoms with Crippen LogP contribution in [-0.4, -0.2) is 77.2 Å². The van der Waals surface area contributed by atoms with E-state index in [2.05, 4.69) is 17.1 Å².